The molecule has 6 heteroatoms. The maximum Gasteiger partial charge on any atom is 0.241 e. The third-order valence-corrected chi connectivity index (χ3v) is 4.55. The predicted molar refractivity (Wildman–Crippen MR) is 69.4 cm³/mol. The second-order valence-electron chi connectivity index (χ2n) is 4.47. The van der Waals surface area contributed by atoms with Crippen molar-refractivity contribution in [1.82, 2.24) is 4.72 Å². The Morgan fingerprint density at radius 1 is 1.33 bits per heavy atom. The molecule has 1 aromatic carbocycles. The van der Waals surface area contributed by atoms with E-state index in [9.17, 15) is 13.2 Å². The van der Waals surface area contributed by atoms with Gasteiger partial charge in [0.15, 0.2) is 0 Å². The second kappa shape index (κ2) is 5.07. The summed E-state index contributed by atoms with van der Waals surface area (Å²) in [4.78, 5) is 11.4. The van der Waals surface area contributed by atoms with Crippen LogP contribution in [-0.4, -0.2) is 19.9 Å². The number of carbonyl (C=O) groups excluding carboxylic acids is 1. The Kier molecular flexibility index (Phi) is 4.13. The quantitative estimate of drug-likeness (QED) is 0.834. The van der Waals surface area contributed by atoms with Gasteiger partial charge in [0.2, 0.25) is 15.9 Å². The molecule has 0 aromatic heterocycles. The highest BCUT2D eigenvalue weighted by molar-refractivity contribution is 7.89. The van der Waals surface area contributed by atoms with Crippen LogP contribution in [0.5, 0.6) is 0 Å². The molecule has 0 heterocycles. The lowest BCUT2D eigenvalue weighted by Gasteiger charge is -2.25. The van der Waals surface area contributed by atoms with Crippen molar-refractivity contribution in [3.05, 3.63) is 29.8 Å². The number of hydrogen-bond donors (Lipinski definition) is 2. The molecule has 0 saturated carbocycles. The van der Waals surface area contributed by atoms with Crippen LogP contribution in [0.1, 0.15) is 25.8 Å². The van der Waals surface area contributed by atoms with E-state index in [-0.39, 0.29) is 11.3 Å². The van der Waals surface area contributed by atoms with Gasteiger partial charge >= 0.3 is 0 Å². The van der Waals surface area contributed by atoms with Gasteiger partial charge in [0.05, 0.1) is 4.90 Å². The molecule has 1 amide bonds. The van der Waals surface area contributed by atoms with Crippen molar-refractivity contribution in [3.63, 3.8) is 0 Å². The van der Waals surface area contributed by atoms with Crippen LogP contribution in [0.15, 0.2) is 29.2 Å². The Morgan fingerprint density at radius 2 is 1.83 bits per heavy atom. The number of carbonyl (C=O) groups is 1. The molecule has 1 atom stereocenters. The number of hydrogen-bond acceptors (Lipinski definition) is 3. The molecule has 5 nitrogen and oxygen atoms in total. The monoisotopic (exact) mass is 270 g/mol. The highest BCUT2D eigenvalue weighted by atomic mass is 32.2. The second-order valence-corrected chi connectivity index (χ2v) is 6.15. The number of aryl methyl sites for hydroxylation is 1. The fourth-order valence-corrected chi connectivity index (χ4v) is 2.82. The SMILES string of the molecule is CC[C@@](C)(NS(=O)(=O)c1ccc(C)cc1)C(N)=O. The molecule has 3 N–H and O–H groups in total. The summed E-state index contributed by atoms with van der Waals surface area (Å²) in [7, 11) is -3.74. The van der Waals surface area contributed by atoms with Gasteiger partial charge in [-0.05, 0) is 32.4 Å². The van der Waals surface area contributed by atoms with Crippen molar-refractivity contribution in [2.45, 2.75) is 37.6 Å². The highest BCUT2D eigenvalue weighted by Gasteiger charge is 2.34. The van der Waals surface area contributed by atoms with E-state index in [0.717, 1.165) is 5.56 Å². The van der Waals surface area contributed by atoms with Crippen molar-refractivity contribution < 1.29 is 13.2 Å². The summed E-state index contributed by atoms with van der Waals surface area (Å²) in [6, 6.07) is 6.38. The van der Waals surface area contributed by atoms with Crippen molar-refractivity contribution in [2.24, 2.45) is 5.73 Å². The predicted octanol–water partition coefficient (Wildman–Crippen LogP) is 0.927. The van der Waals surface area contributed by atoms with Crippen LogP contribution < -0.4 is 10.5 Å². The summed E-state index contributed by atoms with van der Waals surface area (Å²) in [5, 5.41) is 0. The number of nitrogens with one attached hydrogen (secondary N) is 1. The van der Waals surface area contributed by atoms with Gasteiger partial charge < -0.3 is 5.73 Å². The number of nitrogens with two attached hydrogens (primary N) is 1. The summed E-state index contributed by atoms with van der Waals surface area (Å²) in [6.45, 7) is 5.03. The van der Waals surface area contributed by atoms with Crippen LogP contribution in [-0.2, 0) is 14.8 Å². The maximum absolute atomic E-state index is 12.1. The van der Waals surface area contributed by atoms with Gasteiger partial charge in [-0.3, -0.25) is 4.79 Å². The zero-order valence-electron chi connectivity index (χ0n) is 10.7. The molecule has 100 valence electrons. The molecule has 1 aromatic rings. The number of benzene rings is 1. The number of rotatable bonds is 5. The molecule has 0 fully saturated rings. The largest absolute Gasteiger partial charge is 0.368 e. The topological polar surface area (TPSA) is 89.3 Å². The molecule has 0 spiro atoms. The maximum atomic E-state index is 12.1. The fourth-order valence-electron chi connectivity index (χ4n) is 1.37. The van der Waals surface area contributed by atoms with E-state index in [4.69, 9.17) is 5.73 Å². The Labute approximate surface area is 107 Å². The van der Waals surface area contributed by atoms with Crippen LogP contribution in [0.4, 0.5) is 0 Å². The summed E-state index contributed by atoms with van der Waals surface area (Å²) < 4.78 is 26.6. The van der Waals surface area contributed by atoms with Gasteiger partial charge in [0.1, 0.15) is 5.54 Å². The third-order valence-electron chi connectivity index (χ3n) is 2.94. The van der Waals surface area contributed by atoms with E-state index in [1.165, 1.54) is 19.1 Å². The minimum Gasteiger partial charge on any atom is -0.368 e. The first-order chi connectivity index (χ1) is 8.21. The van der Waals surface area contributed by atoms with Crippen LogP contribution in [0.2, 0.25) is 0 Å². The molecule has 0 aliphatic carbocycles. The smallest absolute Gasteiger partial charge is 0.241 e. The molecule has 1 rings (SSSR count). The van der Waals surface area contributed by atoms with Gasteiger partial charge in [-0.15, -0.1) is 0 Å². The van der Waals surface area contributed by atoms with E-state index in [1.54, 1.807) is 19.1 Å². The van der Waals surface area contributed by atoms with Gasteiger partial charge in [0, 0.05) is 0 Å². The molecule has 0 radical (unpaired) electrons. The van der Waals surface area contributed by atoms with E-state index >= 15 is 0 Å². The lowest BCUT2D eigenvalue weighted by molar-refractivity contribution is -0.123. The minimum absolute atomic E-state index is 0.119. The fraction of sp³-hybridized carbons (Fsp3) is 0.417. The van der Waals surface area contributed by atoms with Gasteiger partial charge in [-0.25, -0.2) is 8.42 Å². The van der Waals surface area contributed by atoms with Crippen molar-refractivity contribution >= 4 is 15.9 Å². The molecule has 0 aliphatic rings. The summed E-state index contributed by atoms with van der Waals surface area (Å²) in [6.07, 6.45) is 0.285. The van der Waals surface area contributed by atoms with Crippen LogP contribution >= 0.6 is 0 Å². The van der Waals surface area contributed by atoms with Crippen molar-refractivity contribution in [3.8, 4) is 0 Å². The minimum atomic E-state index is -3.74. The summed E-state index contributed by atoms with van der Waals surface area (Å²) in [5.41, 5.74) is 4.91. The molecule has 0 unspecified atom stereocenters. The Balaban J connectivity index is 3.09. The normalized spacial score (nSPS) is 15.1. The van der Waals surface area contributed by atoms with E-state index in [2.05, 4.69) is 4.72 Å². The summed E-state index contributed by atoms with van der Waals surface area (Å²) >= 11 is 0. The molecular weight excluding hydrogens is 252 g/mol. The Bertz CT molecular complexity index is 537. The number of amides is 1. The first-order valence-electron chi connectivity index (χ1n) is 5.62. The molecule has 0 saturated heterocycles. The van der Waals surface area contributed by atoms with Crippen molar-refractivity contribution in [1.29, 1.82) is 0 Å². The molecule has 0 aliphatic heterocycles. The van der Waals surface area contributed by atoms with Crippen LogP contribution in [0.3, 0.4) is 0 Å². The average Bonchev–Trinajstić information content (AvgIpc) is 2.28. The first-order valence-corrected chi connectivity index (χ1v) is 7.10. The van der Waals surface area contributed by atoms with E-state index in [1.807, 2.05) is 6.92 Å². The lowest BCUT2D eigenvalue weighted by Crippen LogP contribution is -2.54. The molecular formula is C12H18N2O3S. The highest BCUT2D eigenvalue weighted by Crippen LogP contribution is 2.16. The molecule has 0 bridgehead atoms. The third kappa shape index (κ3) is 3.08. The van der Waals surface area contributed by atoms with E-state index < -0.39 is 21.5 Å². The summed E-state index contributed by atoms with van der Waals surface area (Å²) in [5.74, 6) is -0.694. The van der Waals surface area contributed by atoms with Crippen LogP contribution in [0.25, 0.3) is 0 Å². The molecule has 18 heavy (non-hydrogen) atoms. The van der Waals surface area contributed by atoms with Crippen LogP contribution in [0, 0.1) is 6.92 Å². The van der Waals surface area contributed by atoms with Gasteiger partial charge in [0.25, 0.3) is 0 Å². The Hall–Kier alpha value is -1.40. The first kappa shape index (κ1) is 14.7. The zero-order chi connectivity index (χ0) is 14.0. The Morgan fingerprint density at radius 3 is 2.22 bits per heavy atom. The van der Waals surface area contributed by atoms with Gasteiger partial charge in [-0.2, -0.15) is 4.72 Å². The average molecular weight is 270 g/mol. The van der Waals surface area contributed by atoms with Gasteiger partial charge in [-0.1, -0.05) is 24.6 Å². The lowest BCUT2D eigenvalue weighted by atomic mass is 10.0. The number of sulfonamides is 1. The van der Waals surface area contributed by atoms with E-state index in [0.29, 0.717) is 0 Å². The standard InChI is InChI=1S/C12H18N2O3S/c1-4-12(3,11(13)15)14-18(16,17)10-7-5-9(2)6-8-10/h5-8,14H,4H2,1-3H3,(H2,13,15)/t12-/m1/s1. The zero-order valence-corrected chi connectivity index (χ0v) is 11.5. The number of primary amides is 1. The van der Waals surface area contributed by atoms with Crippen molar-refractivity contribution in [2.75, 3.05) is 0 Å².